The number of esters is 1. The number of nitrogens with one attached hydrogen (secondary N) is 1. The summed E-state index contributed by atoms with van der Waals surface area (Å²) >= 11 is 15.8. The summed E-state index contributed by atoms with van der Waals surface area (Å²) in [5, 5.41) is 1.72. The van der Waals surface area contributed by atoms with E-state index >= 15 is 0 Å². The number of carbonyl (C=O) groups excluding carboxylic acids is 3. The molecule has 1 N–H and O–H groups in total. The third-order valence-corrected chi connectivity index (χ3v) is 11.4. The summed E-state index contributed by atoms with van der Waals surface area (Å²) in [7, 11) is 1.25. The predicted molar refractivity (Wildman–Crippen MR) is 128 cm³/mol. The number of methoxy groups -OCH3 is 1. The minimum absolute atomic E-state index is 0.0105. The zero-order valence-electron chi connectivity index (χ0n) is 18.1. The largest absolute Gasteiger partial charge is 0.467 e. The van der Waals surface area contributed by atoms with Crippen LogP contribution in [-0.4, -0.2) is 46.1 Å². The molecule has 34 heavy (non-hydrogen) atoms. The van der Waals surface area contributed by atoms with Crippen molar-refractivity contribution in [1.82, 2.24) is 9.88 Å². The highest BCUT2D eigenvalue weighted by Gasteiger charge is 2.70. The van der Waals surface area contributed by atoms with Crippen LogP contribution in [0, 0.1) is 29.6 Å². The standard InChI is InChI=1S/C23H20Cl2N2O5S2/c1-7(22(30)32-2)27-20(28)14-9-6-10(15(14)21(27)29)17-13(9)12(8-4-3-5-11(24)16(8)25)18-19(33-17)26-23(31)34-18/h3-5,7,9-10,12-15,17H,6H2,1-2H3,(H,26,31). The first-order valence-corrected chi connectivity index (χ1v) is 13.5. The van der Waals surface area contributed by atoms with Crippen LogP contribution < -0.4 is 4.87 Å². The van der Waals surface area contributed by atoms with Gasteiger partial charge in [-0.1, -0.05) is 46.7 Å². The lowest BCUT2D eigenvalue weighted by molar-refractivity contribution is -0.156. The van der Waals surface area contributed by atoms with E-state index in [4.69, 9.17) is 27.9 Å². The second kappa shape index (κ2) is 7.85. The van der Waals surface area contributed by atoms with Gasteiger partial charge in [0, 0.05) is 16.0 Å². The van der Waals surface area contributed by atoms with Crippen molar-refractivity contribution in [2.45, 2.75) is 35.6 Å². The molecule has 178 valence electrons. The van der Waals surface area contributed by atoms with Gasteiger partial charge in [-0.3, -0.25) is 19.3 Å². The number of hydrogen-bond donors (Lipinski definition) is 1. The first-order valence-electron chi connectivity index (χ1n) is 11.0. The lowest BCUT2D eigenvalue weighted by Crippen LogP contribution is -2.45. The third kappa shape index (κ3) is 2.90. The Morgan fingerprint density at radius 3 is 2.59 bits per heavy atom. The summed E-state index contributed by atoms with van der Waals surface area (Å²) in [4.78, 5) is 56.3. The number of rotatable bonds is 3. The van der Waals surface area contributed by atoms with Crippen molar-refractivity contribution in [3.05, 3.63) is 48.4 Å². The van der Waals surface area contributed by atoms with Gasteiger partial charge in [0.25, 0.3) is 0 Å². The maximum absolute atomic E-state index is 13.5. The number of nitrogens with zero attached hydrogens (tertiary/aromatic N) is 1. The molecule has 2 aliphatic carbocycles. The average Bonchev–Trinajstić information content (AvgIpc) is 3.53. The van der Waals surface area contributed by atoms with Crippen LogP contribution in [0.2, 0.25) is 10.0 Å². The number of likely N-dealkylation sites (tertiary alicyclic amines) is 1. The zero-order valence-corrected chi connectivity index (χ0v) is 21.3. The van der Waals surface area contributed by atoms with Crippen molar-refractivity contribution in [3.8, 4) is 0 Å². The van der Waals surface area contributed by atoms with Gasteiger partial charge in [0.15, 0.2) is 0 Å². The van der Waals surface area contributed by atoms with Gasteiger partial charge in [0.1, 0.15) is 6.04 Å². The molecule has 0 radical (unpaired) electrons. The van der Waals surface area contributed by atoms with Crippen LogP contribution in [0.4, 0.5) is 0 Å². The lowest BCUT2D eigenvalue weighted by Gasteiger charge is -2.43. The van der Waals surface area contributed by atoms with Crippen molar-refractivity contribution in [2.24, 2.45) is 29.6 Å². The fraction of sp³-hybridized carbons (Fsp3) is 0.478. The van der Waals surface area contributed by atoms with Crippen molar-refractivity contribution in [3.63, 3.8) is 0 Å². The minimum Gasteiger partial charge on any atom is -0.467 e. The van der Waals surface area contributed by atoms with Crippen molar-refractivity contribution in [1.29, 1.82) is 0 Å². The molecule has 4 aliphatic rings. The van der Waals surface area contributed by atoms with Gasteiger partial charge >= 0.3 is 10.8 Å². The Morgan fingerprint density at radius 2 is 1.88 bits per heavy atom. The van der Waals surface area contributed by atoms with Crippen LogP contribution in [0.25, 0.3) is 0 Å². The first kappa shape index (κ1) is 22.6. The van der Waals surface area contributed by atoms with Gasteiger partial charge in [-0.15, -0.1) is 11.8 Å². The number of thiazole rings is 1. The molecular formula is C23H20Cl2N2O5S2. The number of imide groups is 1. The van der Waals surface area contributed by atoms with E-state index in [1.807, 2.05) is 12.1 Å². The number of fused-ring (bicyclic) bond motifs is 9. The number of hydrogen-bond acceptors (Lipinski definition) is 7. The molecule has 3 fully saturated rings. The normalized spacial score (nSPS) is 34.1. The SMILES string of the molecule is COC(=O)C(C)N1C(=O)C2C3CC(C2C1=O)C1C(c2cccc(Cl)c2Cl)c2sc(=O)[nH]c2SC31. The molecule has 8 unspecified atom stereocenters. The average molecular weight is 539 g/mol. The number of benzene rings is 1. The first-order chi connectivity index (χ1) is 16.2. The lowest BCUT2D eigenvalue weighted by atomic mass is 9.68. The second-order valence-corrected chi connectivity index (χ2v) is 12.3. The van der Waals surface area contributed by atoms with E-state index in [0.717, 1.165) is 26.8 Å². The van der Waals surface area contributed by atoms with E-state index in [0.29, 0.717) is 10.0 Å². The van der Waals surface area contributed by atoms with Crippen molar-refractivity contribution in [2.75, 3.05) is 7.11 Å². The van der Waals surface area contributed by atoms with Gasteiger partial charge in [-0.25, -0.2) is 4.79 Å². The second-order valence-electron chi connectivity index (χ2n) is 9.35. The van der Waals surface area contributed by atoms with Gasteiger partial charge in [0.2, 0.25) is 11.8 Å². The fourth-order valence-corrected chi connectivity index (χ4v) is 10.1. The van der Waals surface area contributed by atoms with Gasteiger partial charge in [-0.05, 0) is 42.7 Å². The van der Waals surface area contributed by atoms with Gasteiger partial charge < -0.3 is 9.72 Å². The Morgan fingerprint density at radius 1 is 1.18 bits per heavy atom. The maximum Gasteiger partial charge on any atom is 0.328 e. The molecular weight excluding hydrogens is 519 g/mol. The van der Waals surface area contributed by atoms with E-state index in [9.17, 15) is 19.2 Å². The minimum atomic E-state index is -0.958. The number of H-pyrrole nitrogens is 1. The summed E-state index contributed by atoms with van der Waals surface area (Å²) in [5.74, 6) is -2.43. The van der Waals surface area contributed by atoms with Crippen molar-refractivity contribution >= 4 is 64.1 Å². The number of thioether (sulfide) groups is 1. The number of carbonyl (C=O) groups is 3. The Hall–Kier alpha value is -1.81. The third-order valence-electron chi connectivity index (χ3n) is 8.00. The summed E-state index contributed by atoms with van der Waals surface area (Å²) in [6.07, 6.45) is 0.753. The highest BCUT2D eigenvalue weighted by atomic mass is 35.5. The smallest absolute Gasteiger partial charge is 0.328 e. The summed E-state index contributed by atoms with van der Waals surface area (Å²) < 4.78 is 4.80. The zero-order chi connectivity index (χ0) is 24.0. The molecule has 1 saturated heterocycles. The Bertz CT molecular complexity index is 1310. The van der Waals surface area contributed by atoms with Crippen molar-refractivity contribution < 1.29 is 19.1 Å². The topological polar surface area (TPSA) is 96.5 Å². The molecule has 1 aromatic heterocycles. The van der Waals surface area contributed by atoms with E-state index in [1.165, 1.54) is 25.4 Å². The van der Waals surface area contributed by atoms with Crippen LogP contribution in [0.3, 0.4) is 0 Å². The van der Waals surface area contributed by atoms with E-state index in [2.05, 4.69) is 4.98 Å². The number of aromatic nitrogens is 1. The highest BCUT2D eigenvalue weighted by Crippen LogP contribution is 2.69. The summed E-state index contributed by atoms with van der Waals surface area (Å²) in [5.41, 5.74) is 0.835. The van der Waals surface area contributed by atoms with Crippen LogP contribution in [0.5, 0.6) is 0 Å². The van der Waals surface area contributed by atoms with Gasteiger partial charge in [-0.2, -0.15) is 0 Å². The molecule has 11 heteroatoms. The predicted octanol–water partition coefficient (Wildman–Crippen LogP) is 3.78. The molecule has 2 amide bonds. The Labute approximate surface area is 213 Å². The molecule has 1 aromatic carbocycles. The maximum atomic E-state index is 13.5. The molecule has 2 saturated carbocycles. The molecule has 6 rings (SSSR count). The van der Waals surface area contributed by atoms with E-state index in [-0.39, 0.29) is 45.6 Å². The van der Waals surface area contributed by atoms with Crippen LogP contribution in [-0.2, 0) is 19.1 Å². The molecule has 7 nitrogen and oxygen atoms in total. The Balaban J connectivity index is 1.46. The Kier molecular flexibility index (Phi) is 5.23. The number of aromatic amines is 1. The fourth-order valence-electron chi connectivity index (χ4n) is 6.81. The van der Waals surface area contributed by atoms with Crippen LogP contribution in [0.1, 0.15) is 29.7 Å². The molecule has 2 aliphatic heterocycles. The summed E-state index contributed by atoms with van der Waals surface area (Å²) in [6, 6.07) is 4.54. The number of amides is 2. The molecule has 2 aromatic rings. The van der Waals surface area contributed by atoms with Crippen LogP contribution in [0.15, 0.2) is 28.0 Å². The molecule has 2 bridgehead atoms. The highest BCUT2D eigenvalue weighted by molar-refractivity contribution is 8.00. The van der Waals surface area contributed by atoms with Crippen LogP contribution >= 0.6 is 46.3 Å². The van der Waals surface area contributed by atoms with Gasteiger partial charge in [0.05, 0.1) is 34.0 Å². The number of ether oxygens (including phenoxy) is 1. The molecule has 8 atom stereocenters. The van der Waals surface area contributed by atoms with E-state index in [1.54, 1.807) is 17.8 Å². The quantitative estimate of drug-likeness (QED) is 0.471. The summed E-state index contributed by atoms with van der Waals surface area (Å²) in [6.45, 7) is 1.53. The number of halogens is 2. The molecule has 0 spiro atoms. The monoisotopic (exact) mass is 538 g/mol. The van der Waals surface area contributed by atoms with E-state index < -0.39 is 23.8 Å². The molecule has 3 heterocycles.